The molecule has 0 unspecified atom stereocenters. The van der Waals surface area contributed by atoms with Gasteiger partial charge in [0.25, 0.3) is 5.91 Å². The van der Waals surface area contributed by atoms with Gasteiger partial charge < -0.3 is 9.64 Å². The number of hydrogen-bond donors (Lipinski definition) is 0. The second-order valence-electron chi connectivity index (χ2n) is 6.43. The fraction of sp³-hybridized carbons (Fsp3) is 0.368. The minimum Gasteiger partial charge on any atom is -0.451 e. The monoisotopic (exact) mass is 341 g/mol. The van der Waals surface area contributed by atoms with Crippen molar-refractivity contribution in [1.29, 1.82) is 0 Å². The van der Waals surface area contributed by atoms with Crippen LogP contribution in [0.2, 0.25) is 0 Å². The molecule has 4 nitrogen and oxygen atoms in total. The minimum absolute atomic E-state index is 0.0964. The molecular weight excluding hydrogens is 322 g/mol. The van der Waals surface area contributed by atoms with E-state index in [2.05, 4.69) is 0 Å². The van der Waals surface area contributed by atoms with Crippen LogP contribution in [0.15, 0.2) is 30.3 Å². The highest BCUT2D eigenvalue weighted by atomic mass is 32.1. The van der Waals surface area contributed by atoms with E-state index >= 15 is 0 Å². The Hall–Kier alpha value is -2.14. The van der Waals surface area contributed by atoms with Crippen molar-refractivity contribution >= 4 is 28.9 Å². The molecular formula is C19H19NO3S. The summed E-state index contributed by atoms with van der Waals surface area (Å²) in [6, 6.07) is 9.92. The number of fused-ring (bicyclic) bond motifs is 2. The lowest BCUT2D eigenvalue weighted by Crippen LogP contribution is -2.38. The zero-order chi connectivity index (χ0) is 16.7. The average Bonchev–Trinajstić information content (AvgIpc) is 3.23. The summed E-state index contributed by atoms with van der Waals surface area (Å²) in [6.07, 6.45) is 4.10. The molecule has 5 heteroatoms. The van der Waals surface area contributed by atoms with Gasteiger partial charge >= 0.3 is 5.97 Å². The van der Waals surface area contributed by atoms with Crippen LogP contribution in [0, 0.1) is 0 Å². The van der Waals surface area contributed by atoms with Crippen LogP contribution in [0.1, 0.15) is 39.0 Å². The summed E-state index contributed by atoms with van der Waals surface area (Å²) in [4.78, 5) is 28.4. The summed E-state index contributed by atoms with van der Waals surface area (Å²) in [7, 11) is 0. The van der Waals surface area contributed by atoms with Gasteiger partial charge in [-0.15, -0.1) is 11.3 Å². The van der Waals surface area contributed by atoms with Gasteiger partial charge in [0.1, 0.15) is 4.88 Å². The van der Waals surface area contributed by atoms with Gasteiger partial charge in [-0.1, -0.05) is 18.2 Å². The van der Waals surface area contributed by atoms with Crippen LogP contribution in [-0.4, -0.2) is 24.5 Å². The van der Waals surface area contributed by atoms with E-state index in [1.165, 1.54) is 33.8 Å². The molecule has 0 radical (unpaired) electrons. The number of esters is 1. The van der Waals surface area contributed by atoms with Crippen molar-refractivity contribution in [3.63, 3.8) is 0 Å². The molecule has 1 atom stereocenters. The Labute approximate surface area is 145 Å². The molecule has 1 aliphatic carbocycles. The highest BCUT2D eigenvalue weighted by Gasteiger charge is 2.31. The molecule has 0 N–H and O–H groups in total. The summed E-state index contributed by atoms with van der Waals surface area (Å²) in [5, 5.41) is 0. The smallest absolute Gasteiger partial charge is 0.348 e. The molecule has 2 aliphatic rings. The van der Waals surface area contributed by atoms with Gasteiger partial charge in [-0.25, -0.2) is 4.79 Å². The Morgan fingerprint density at radius 1 is 1.25 bits per heavy atom. The van der Waals surface area contributed by atoms with Gasteiger partial charge in [-0.05, 0) is 55.9 Å². The van der Waals surface area contributed by atoms with Crippen LogP contribution in [0.25, 0.3) is 0 Å². The fourth-order valence-electron chi connectivity index (χ4n) is 3.64. The second kappa shape index (κ2) is 6.06. The number of aryl methyl sites for hydroxylation is 2. The number of anilines is 1. The van der Waals surface area contributed by atoms with Crippen molar-refractivity contribution in [2.45, 2.75) is 38.6 Å². The van der Waals surface area contributed by atoms with Gasteiger partial charge in [0, 0.05) is 16.6 Å². The maximum Gasteiger partial charge on any atom is 0.348 e. The van der Waals surface area contributed by atoms with E-state index in [1.807, 2.05) is 37.3 Å². The molecule has 2 aromatic rings. The first-order valence-corrected chi connectivity index (χ1v) is 9.14. The lowest BCUT2D eigenvalue weighted by molar-refractivity contribution is -0.122. The fourth-order valence-corrected chi connectivity index (χ4v) is 4.79. The molecule has 0 bridgehead atoms. The number of carbonyl (C=O) groups excluding carboxylic acids is 2. The van der Waals surface area contributed by atoms with E-state index in [9.17, 15) is 9.59 Å². The molecule has 0 saturated carbocycles. The molecule has 1 aliphatic heterocycles. The zero-order valence-electron chi connectivity index (χ0n) is 13.6. The number of ether oxygens (including phenoxy) is 1. The number of thiophene rings is 1. The standard InChI is InChI=1S/C19H19NO3S/c1-12-9-13-5-2-3-7-15(13)20(12)18(21)11-23-19(22)17-10-14-6-4-8-16(14)24-17/h2-3,5,7,10,12H,4,6,8-9,11H2,1H3/t12-/m1/s1. The highest BCUT2D eigenvalue weighted by Crippen LogP contribution is 2.32. The first-order chi connectivity index (χ1) is 11.6. The Kier molecular flexibility index (Phi) is 3.88. The van der Waals surface area contributed by atoms with Crippen molar-refractivity contribution in [1.82, 2.24) is 0 Å². The normalized spacial score (nSPS) is 18.4. The first-order valence-electron chi connectivity index (χ1n) is 8.32. The quantitative estimate of drug-likeness (QED) is 0.804. The number of amides is 1. The number of benzene rings is 1. The van der Waals surface area contributed by atoms with Crippen LogP contribution in [0.5, 0.6) is 0 Å². The number of hydrogen-bond acceptors (Lipinski definition) is 4. The molecule has 4 rings (SSSR count). The zero-order valence-corrected chi connectivity index (χ0v) is 14.4. The predicted octanol–water partition coefficient (Wildman–Crippen LogP) is 3.37. The van der Waals surface area contributed by atoms with Crippen molar-refractivity contribution in [2.24, 2.45) is 0 Å². The van der Waals surface area contributed by atoms with Gasteiger partial charge in [-0.2, -0.15) is 0 Å². The molecule has 1 aromatic carbocycles. The Morgan fingerprint density at radius 2 is 2.08 bits per heavy atom. The first kappa shape index (κ1) is 15.4. The second-order valence-corrected chi connectivity index (χ2v) is 7.57. The van der Waals surface area contributed by atoms with Crippen LogP contribution < -0.4 is 4.90 Å². The molecule has 2 heterocycles. The number of rotatable bonds is 3. The third kappa shape index (κ3) is 2.63. The van der Waals surface area contributed by atoms with Crippen LogP contribution in [0.4, 0.5) is 5.69 Å². The van der Waals surface area contributed by atoms with E-state index in [0.717, 1.165) is 24.9 Å². The predicted molar refractivity (Wildman–Crippen MR) is 93.7 cm³/mol. The summed E-state index contributed by atoms with van der Waals surface area (Å²) >= 11 is 1.50. The molecule has 0 spiro atoms. The summed E-state index contributed by atoms with van der Waals surface area (Å²) in [6.45, 7) is 1.81. The summed E-state index contributed by atoms with van der Waals surface area (Å²) in [5.41, 5.74) is 3.36. The number of nitrogens with zero attached hydrogens (tertiary/aromatic N) is 1. The third-order valence-electron chi connectivity index (χ3n) is 4.75. The summed E-state index contributed by atoms with van der Waals surface area (Å²) in [5.74, 6) is -0.548. The number of carbonyl (C=O) groups is 2. The van der Waals surface area contributed by atoms with Crippen molar-refractivity contribution < 1.29 is 14.3 Å². The van der Waals surface area contributed by atoms with Gasteiger partial charge in [-0.3, -0.25) is 4.79 Å². The van der Waals surface area contributed by atoms with Crippen LogP contribution in [-0.2, 0) is 28.8 Å². The van der Waals surface area contributed by atoms with E-state index in [4.69, 9.17) is 4.74 Å². The van der Waals surface area contributed by atoms with Crippen molar-refractivity contribution in [2.75, 3.05) is 11.5 Å². The van der Waals surface area contributed by atoms with E-state index < -0.39 is 0 Å². The summed E-state index contributed by atoms with van der Waals surface area (Å²) < 4.78 is 5.28. The molecule has 1 amide bonds. The Morgan fingerprint density at radius 3 is 2.92 bits per heavy atom. The van der Waals surface area contributed by atoms with Gasteiger partial charge in [0.2, 0.25) is 0 Å². The molecule has 24 heavy (non-hydrogen) atoms. The average molecular weight is 341 g/mol. The Bertz CT molecular complexity index is 789. The van der Waals surface area contributed by atoms with Gasteiger partial charge in [0.15, 0.2) is 6.61 Å². The van der Waals surface area contributed by atoms with Crippen LogP contribution >= 0.6 is 11.3 Å². The maximum atomic E-state index is 12.5. The minimum atomic E-state index is -0.386. The third-order valence-corrected chi connectivity index (χ3v) is 5.97. The largest absolute Gasteiger partial charge is 0.451 e. The number of para-hydroxylation sites is 1. The van der Waals surface area contributed by atoms with Gasteiger partial charge in [0.05, 0.1) is 0 Å². The molecule has 124 valence electrons. The lowest BCUT2D eigenvalue weighted by atomic mass is 10.1. The van der Waals surface area contributed by atoms with E-state index in [-0.39, 0.29) is 24.5 Å². The highest BCUT2D eigenvalue weighted by molar-refractivity contribution is 7.14. The lowest BCUT2D eigenvalue weighted by Gasteiger charge is -2.22. The van der Waals surface area contributed by atoms with Crippen LogP contribution in [0.3, 0.4) is 0 Å². The van der Waals surface area contributed by atoms with E-state index in [1.54, 1.807) is 4.90 Å². The Balaban J connectivity index is 1.42. The SMILES string of the molecule is C[C@@H]1Cc2ccccc2N1C(=O)COC(=O)c1cc2c(s1)CCC2. The molecule has 0 saturated heterocycles. The maximum absolute atomic E-state index is 12.5. The van der Waals surface area contributed by atoms with E-state index in [0.29, 0.717) is 4.88 Å². The molecule has 0 fully saturated rings. The molecule has 1 aromatic heterocycles. The van der Waals surface area contributed by atoms with Crippen molar-refractivity contribution in [3.8, 4) is 0 Å². The van der Waals surface area contributed by atoms with Crippen molar-refractivity contribution in [3.05, 3.63) is 51.2 Å². The topological polar surface area (TPSA) is 46.6 Å².